The van der Waals surface area contributed by atoms with Crippen molar-refractivity contribution in [3.05, 3.63) is 81.9 Å². The van der Waals surface area contributed by atoms with Crippen molar-refractivity contribution < 1.29 is 45.8 Å². The van der Waals surface area contributed by atoms with E-state index in [1.165, 1.54) is 30.3 Å². The van der Waals surface area contributed by atoms with Gasteiger partial charge in [0.25, 0.3) is 0 Å². The first-order valence-corrected chi connectivity index (χ1v) is 9.87. The Morgan fingerprint density at radius 3 is 1.94 bits per heavy atom. The number of methoxy groups -OCH3 is 1. The molecule has 0 aromatic heterocycles. The standard InChI is InChI=1S/C23H15ClF6O4/c1-34-20(32)18-7-6-17(15-4-2-3-5-16(15)18)19(31)11-21(33,23(28,29)30)12-8-13(22(25,26)27)10-14(24)9-12/h2-10,33H,11H2,1H3/t21-/m0/s1. The quantitative estimate of drug-likeness (QED) is 0.251. The Hall–Kier alpha value is -3.11. The van der Waals surface area contributed by atoms with Gasteiger partial charge in [-0.25, -0.2) is 4.79 Å². The zero-order chi connectivity index (χ0) is 25.5. The van der Waals surface area contributed by atoms with E-state index in [2.05, 4.69) is 4.74 Å². The minimum Gasteiger partial charge on any atom is -0.465 e. The van der Waals surface area contributed by atoms with E-state index in [-0.39, 0.29) is 28.0 Å². The Balaban J connectivity index is 2.14. The fraction of sp³-hybridized carbons (Fsp3) is 0.217. The van der Waals surface area contributed by atoms with E-state index in [1.54, 1.807) is 0 Å². The molecule has 0 unspecified atom stereocenters. The summed E-state index contributed by atoms with van der Waals surface area (Å²) in [6.07, 6.45) is -12.2. The molecule has 0 saturated heterocycles. The molecule has 1 atom stereocenters. The molecule has 0 radical (unpaired) electrons. The summed E-state index contributed by atoms with van der Waals surface area (Å²) in [7, 11) is 1.12. The van der Waals surface area contributed by atoms with Crippen LogP contribution in [0.2, 0.25) is 5.02 Å². The Labute approximate surface area is 193 Å². The van der Waals surface area contributed by atoms with Crippen LogP contribution in [0.1, 0.15) is 38.3 Å². The van der Waals surface area contributed by atoms with E-state index >= 15 is 0 Å². The Kier molecular flexibility index (Phi) is 6.69. The van der Waals surface area contributed by atoms with Gasteiger partial charge in [-0.3, -0.25) is 4.79 Å². The molecule has 180 valence electrons. The maximum atomic E-state index is 14.0. The normalized spacial score (nSPS) is 14.0. The van der Waals surface area contributed by atoms with Crippen LogP contribution in [0, 0.1) is 0 Å². The van der Waals surface area contributed by atoms with Gasteiger partial charge >= 0.3 is 18.3 Å². The second-order valence-electron chi connectivity index (χ2n) is 7.38. The maximum Gasteiger partial charge on any atom is 0.421 e. The van der Waals surface area contributed by atoms with Crippen molar-refractivity contribution >= 4 is 34.1 Å². The summed E-state index contributed by atoms with van der Waals surface area (Å²) in [6.45, 7) is 0. The van der Waals surface area contributed by atoms with E-state index in [1.807, 2.05) is 0 Å². The lowest BCUT2D eigenvalue weighted by molar-refractivity contribution is -0.265. The van der Waals surface area contributed by atoms with Gasteiger partial charge in [0.15, 0.2) is 11.4 Å². The van der Waals surface area contributed by atoms with Crippen molar-refractivity contribution in [2.75, 3.05) is 7.11 Å². The second kappa shape index (κ2) is 8.92. The van der Waals surface area contributed by atoms with Crippen LogP contribution < -0.4 is 0 Å². The van der Waals surface area contributed by atoms with Gasteiger partial charge in [0.05, 0.1) is 24.7 Å². The highest BCUT2D eigenvalue weighted by Crippen LogP contribution is 2.45. The van der Waals surface area contributed by atoms with Crippen LogP contribution in [0.3, 0.4) is 0 Å². The molecule has 3 aromatic rings. The third kappa shape index (κ3) is 4.74. The molecule has 0 aliphatic rings. The number of halogens is 7. The molecule has 0 heterocycles. The molecule has 0 fully saturated rings. The highest BCUT2D eigenvalue weighted by atomic mass is 35.5. The minimum atomic E-state index is -5.53. The van der Waals surface area contributed by atoms with Crippen LogP contribution in [-0.2, 0) is 16.5 Å². The second-order valence-corrected chi connectivity index (χ2v) is 7.82. The molecule has 0 aliphatic carbocycles. The molecule has 0 aliphatic heterocycles. The van der Waals surface area contributed by atoms with E-state index in [0.29, 0.717) is 12.1 Å². The molecular formula is C23H15ClF6O4. The summed E-state index contributed by atoms with van der Waals surface area (Å²) in [5, 5.41) is 10.2. The van der Waals surface area contributed by atoms with Crippen LogP contribution in [0.5, 0.6) is 0 Å². The topological polar surface area (TPSA) is 63.6 Å². The van der Waals surface area contributed by atoms with Crippen molar-refractivity contribution in [2.45, 2.75) is 24.4 Å². The summed E-state index contributed by atoms with van der Waals surface area (Å²) in [5.41, 5.74) is -6.95. The van der Waals surface area contributed by atoms with Crippen LogP contribution in [-0.4, -0.2) is 30.1 Å². The molecule has 0 saturated carbocycles. The largest absolute Gasteiger partial charge is 0.465 e. The number of carbonyl (C=O) groups is 2. The molecule has 0 spiro atoms. The van der Waals surface area contributed by atoms with Gasteiger partial charge in [0.2, 0.25) is 0 Å². The fourth-order valence-electron chi connectivity index (χ4n) is 3.52. The Morgan fingerprint density at radius 1 is 0.882 bits per heavy atom. The number of Topliss-reactive ketones (excluding diaryl/α,β-unsaturated/α-hetero) is 1. The van der Waals surface area contributed by atoms with Gasteiger partial charge in [-0.05, 0) is 46.7 Å². The monoisotopic (exact) mass is 504 g/mol. The average molecular weight is 505 g/mol. The van der Waals surface area contributed by atoms with Crippen LogP contribution in [0.15, 0.2) is 54.6 Å². The first-order chi connectivity index (χ1) is 15.7. The Bertz CT molecular complexity index is 1270. The number of hydrogen-bond acceptors (Lipinski definition) is 4. The number of carbonyl (C=O) groups excluding carboxylic acids is 2. The summed E-state index contributed by atoms with van der Waals surface area (Å²) in [5.74, 6) is -1.97. The molecule has 0 amide bonds. The zero-order valence-corrected chi connectivity index (χ0v) is 18.0. The smallest absolute Gasteiger partial charge is 0.421 e. The van der Waals surface area contributed by atoms with Gasteiger partial charge in [0, 0.05) is 10.6 Å². The molecule has 34 heavy (non-hydrogen) atoms. The van der Waals surface area contributed by atoms with Gasteiger partial charge in [-0.2, -0.15) is 26.3 Å². The number of esters is 1. The number of rotatable bonds is 5. The molecule has 0 bridgehead atoms. The van der Waals surface area contributed by atoms with Crippen molar-refractivity contribution in [2.24, 2.45) is 0 Å². The zero-order valence-electron chi connectivity index (χ0n) is 17.2. The molecule has 3 rings (SSSR count). The van der Waals surface area contributed by atoms with Crippen molar-refractivity contribution in [1.29, 1.82) is 0 Å². The number of aliphatic hydroxyl groups is 1. The predicted octanol–water partition coefficient (Wildman–Crippen LogP) is 6.32. The van der Waals surface area contributed by atoms with Gasteiger partial charge in [-0.15, -0.1) is 0 Å². The van der Waals surface area contributed by atoms with Crippen LogP contribution >= 0.6 is 11.6 Å². The van der Waals surface area contributed by atoms with E-state index in [0.717, 1.165) is 13.2 Å². The maximum absolute atomic E-state index is 14.0. The summed E-state index contributed by atoms with van der Waals surface area (Å²) >= 11 is 5.60. The predicted molar refractivity (Wildman–Crippen MR) is 111 cm³/mol. The van der Waals surface area contributed by atoms with E-state index in [4.69, 9.17) is 11.6 Å². The third-order valence-electron chi connectivity index (χ3n) is 5.22. The third-order valence-corrected chi connectivity index (χ3v) is 5.44. The average Bonchev–Trinajstić information content (AvgIpc) is 2.75. The summed E-state index contributed by atoms with van der Waals surface area (Å²) in [6, 6.07) is 9.12. The summed E-state index contributed by atoms with van der Waals surface area (Å²) < 4.78 is 86.0. The van der Waals surface area contributed by atoms with Crippen molar-refractivity contribution in [3.8, 4) is 0 Å². The van der Waals surface area contributed by atoms with Crippen molar-refractivity contribution in [3.63, 3.8) is 0 Å². The fourth-order valence-corrected chi connectivity index (χ4v) is 3.75. The van der Waals surface area contributed by atoms with Gasteiger partial charge in [0.1, 0.15) is 0 Å². The van der Waals surface area contributed by atoms with Crippen molar-refractivity contribution in [1.82, 2.24) is 0 Å². The highest BCUT2D eigenvalue weighted by molar-refractivity contribution is 6.30. The molecule has 3 aromatic carbocycles. The minimum absolute atomic E-state index is 0.0467. The van der Waals surface area contributed by atoms with Gasteiger partial charge < -0.3 is 9.84 Å². The van der Waals surface area contributed by atoms with Gasteiger partial charge in [-0.1, -0.05) is 35.9 Å². The first-order valence-electron chi connectivity index (χ1n) is 9.49. The van der Waals surface area contributed by atoms with Crippen LogP contribution in [0.25, 0.3) is 10.8 Å². The molecule has 4 nitrogen and oxygen atoms in total. The van der Waals surface area contributed by atoms with E-state index in [9.17, 15) is 41.0 Å². The number of ketones is 1. The number of fused-ring (bicyclic) bond motifs is 1. The number of benzene rings is 3. The molecule has 1 N–H and O–H groups in total. The lowest BCUT2D eigenvalue weighted by atomic mass is 9.84. The number of ether oxygens (including phenoxy) is 1. The highest BCUT2D eigenvalue weighted by Gasteiger charge is 2.56. The SMILES string of the molecule is COC(=O)c1ccc(C(=O)C[C@](O)(c2cc(Cl)cc(C(F)(F)F)c2)C(F)(F)F)c2ccccc12. The number of alkyl halides is 6. The molecular weight excluding hydrogens is 490 g/mol. The first kappa shape index (κ1) is 25.5. The van der Waals surface area contributed by atoms with E-state index < -0.39 is 52.3 Å². The number of hydrogen-bond donors (Lipinski definition) is 1. The van der Waals surface area contributed by atoms with Crippen LogP contribution in [0.4, 0.5) is 26.3 Å². The lowest BCUT2D eigenvalue weighted by Gasteiger charge is -2.31. The lowest BCUT2D eigenvalue weighted by Crippen LogP contribution is -2.44. The molecule has 11 heteroatoms. The summed E-state index contributed by atoms with van der Waals surface area (Å²) in [4.78, 5) is 25.0. The Morgan fingerprint density at radius 2 is 1.41 bits per heavy atom.